The highest BCUT2D eigenvalue weighted by molar-refractivity contribution is 7.20. The molecule has 0 fully saturated rings. The molecule has 0 nitrogen and oxygen atoms in total. The lowest BCUT2D eigenvalue weighted by Gasteiger charge is -2.26. The van der Waals surface area contributed by atoms with Gasteiger partial charge in [0, 0.05) is 26.4 Å². The van der Waals surface area contributed by atoms with Crippen LogP contribution in [0.3, 0.4) is 0 Å². The number of benzene rings is 2. The summed E-state index contributed by atoms with van der Waals surface area (Å²) in [6, 6.07) is 17.6. The summed E-state index contributed by atoms with van der Waals surface area (Å²) < 4.78 is 1.38. The van der Waals surface area contributed by atoms with E-state index >= 15 is 0 Å². The van der Waals surface area contributed by atoms with Crippen LogP contribution < -0.4 is 0 Å². The van der Waals surface area contributed by atoms with Crippen LogP contribution in [0.2, 0.25) is 0 Å². The highest BCUT2D eigenvalue weighted by atomic mass is 32.1. The van der Waals surface area contributed by atoms with Gasteiger partial charge in [-0.2, -0.15) is 0 Å². The Morgan fingerprint density at radius 1 is 0.773 bits per heavy atom. The van der Waals surface area contributed by atoms with E-state index in [9.17, 15) is 0 Å². The van der Waals surface area contributed by atoms with Crippen LogP contribution >= 0.6 is 11.3 Å². The fourth-order valence-electron chi connectivity index (χ4n) is 3.61. The molecule has 1 unspecified atom stereocenters. The van der Waals surface area contributed by atoms with E-state index in [2.05, 4.69) is 78.9 Å². The number of rotatable bonds is 0. The van der Waals surface area contributed by atoms with E-state index in [0.29, 0.717) is 5.92 Å². The molecule has 1 atom stereocenters. The van der Waals surface area contributed by atoms with Crippen LogP contribution in [0.1, 0.15) is 16.4 Å². The number of allylic oxidation sites excluding steroid dienone is 6. The van der Waals surface area contributed by atoms with E-state index in [1.165, 1.54) is 37.2 Å². The first kappa shape index (κ1) is 12.2. The van der Waals surface area contributed by atoms with Crippen LogP contribution in [-0.2, 0) is 0 Å². The first-order chi connectivity index (χ1) is 10.9. The van der Waals surface area contributed by atoms with Gasteiger partial charge in [-0.25, -0.2) is 0 Å². The number of thiophene rings is 1. The van der Waals surface area contributed by atoms with Gasteiger partial charge < -0.3 is 0 Å². The van der Waals surface area contributed by atoms with Crippen LogP contribution in [0.25, 0.3) is 26.8 Å². The second-order valence-electron chi connectivity index (χ2n) is 5.75. The quantitative estimate of drug-likeness (QED) is 0.465. The molecule has 2 aliphatic rings. The average molecular weight is 298 g/mol. The van der Waals surface area contributed by atoms with Crippen molar-refractivity contribution < 1.29 is 0 Å². The predicted molar refractivity (Wildman–Crippen MR) is 96.3 cm³/mol. The van der Waals surface area contributed by atoms with Crippen molar-refractivity contribution in [1.29, 1.82) is 0 Å². The van der Waals surface area contributed by atoms with Gasteiger partial charge in [0.05, 0.1) is 0 Å². The molecule has 104 valence electrons. The summed E-state index contributed by atoms with van der Waals surface area (Å²) in [6.07, 6.45) is 11.1. The fraction of sp³-hybridized carbons (Fsp3) is 0.0476. The second-order valence-corrected chi connectivity index (χ2v) is 6.84. The lowest BCUT2D eigenvalue weighted by Crippen LogP contribution is -2.06. The van der Waals surface area contributed by atoms with E-state index in [-0.39, 0.29) is 0 Å². The van der Waals surface area contributed by atoms with E-state index in [1.807, 2.05) is 11.3 Å². The standard InChI is InChI=1S/C21H14S/c1-2-8-15-14-9-4-5-10-16(14)20-18-12-6-7-13-19(18)22-21(20)17(15)11-3-1/h1-13,17H. The zero-order valence-electron chi connectivity index (χ0n) is 12.0. The Kier molecular flexibility index (Phi) is 2.53. The van der Waals surface area contributed by atoms with Gasteiger partial charge in [0.15, 0.2) is 0 Å². The van der Waals surface area contributed by atoms with Crippen molar-refractivity contribution in [3.8, 4) is 11.1 Å². The molecule has 3 aromatic rings. The van der Waals surface area contributed by atoms with Gasteiger partial charge in [-0.05, 0) is 22.8 Å². The largest absolute Gasteiger partial charge is 0.139 e. The molecule has 0 bridgehead atoms. The molecule has 0 amide bonds. The number of hydrogen-bond acceptors (Lipinski definition) is 1. The monoisotopic (exact) mass is 298 g/mol. The minimum Gasteiger partial charge on any atom is -0.139 e. The van der Waals surface area contributed by atoms with Crippen LogP contribution in [0.15, 0.2) is 78.9 Å². The van der Waals surface area contributed by atoms with Crippen LogP contribution in [-0.4, -0.2) is 0 Å². The van der Waals surface area contributed by atoms with Gasteiger partial charge in [-0.15, -0.1) is 11.3 Å². The molecule has 22 heavy (non-hydrogen) atoms. The second kappa shape index (κ2) is 4.56. The molecule has 0 N–H and O–H groups in total. The Morgan fingerprint density at radius 3 is 2.55 bits per heavy atom. The van der Waals surface area contributed by atoms with E-state index < -0.39 is 0 Å². The zero-order chi connectivity index (χ0) is 14.5. The number of fused-ring (bicyclic) bond motifs is 8. The summed E-state index contributed by atoms with van der Waals surface area (Å²) in [5.41, 5.74) is 5.60. The third-order valence-electron chi connectivity index (χ3n) is 4.55. The molecular formula is C21H14S. The first-order valence-corrected chi connectivity index (χ1v) is 8.41. The molecule has 5 rings (SSSR count). The number of hydrogen-bond donors (Lipinski definition) is 0. The summed E-state index contributed by atoms with van der Waals surface area (Å²) in [5, 5.41) is 1.39. The summed E-state index contributed by atoms with van der Waals surface area (Å²) >= 11 is 1.94. The van der Waals surface area contributed by atoms with Gasteiger partial charge in [0.2, 0.25) is 0 Å². The minimum atomic E-state index is 0.372. The molecule has 0 radical (unpaired) electrons. The maximum Gasteiger partial charge on any atom is 0.0379 e. The fourth-order valence-corrected chi connectivity index (χ4v) is 4.92. The summed E-state index contributed by atoms with van der Waals surface area (Å²) in [4.78, 5) is 1.48. The highest BCUT2D eigenvalue weighted by Gasteiger charge is 2.30. The Balaban J connectivity index is 1.95. The normalized spacial score (nSPS) is 18.4. The van der Waals surface area contributed by atoms with Crippen LogP contribution in [0, 0.1) is 0 Å². The average Bonchev–Trinajstić information content (AvgIpc) is 2.78. The molecular weight excluding hydrogens is 284 g/mol. The van der Waals surface area contributed by atoms with Gasteiger partial charge in [-0.1, -0.05) is 72.8 Å². The van der Waals surface area contributed by atoms with Gasteiger partial charge >= 0.3 is 0 Å². The SMILES string of the molecule is C1=CC=C2c3ccccc3-c3c(sc4ccccc34)C2C=C1. The lowest BCUT2D eigenvalue weighted by molar-refractivity contribution is 1.13. The highest BCUT2D eigenvalue weighted by Crippen LogP contribution is 2.53. The predicted octanol–water partition coefficient (Wildman–Crippen LogP) is 6.17. The van der Waals surface area contributed by atoms with Gasteiger partial charge in [-0.3, -0.25) is 0 Å². The van der Waals surface area contributed by atoms with Crippen molar-refractivity contribution in [2.45, 2.75) is 5.92 Å². The van der Waals surface area contributed by atoms with Crippen LogP contribution in [0.5, 0.6) is 0 Å². The maximum absolute atomic E-state index is 2.33. The van der Waals surface area contributed by atoms with E-state index in [1.54, 1.807) is 0 Å². The molecule has 0 aliphatic heterocycles. The van der Waals surface area contributed by atoms with Crippen LogP contribution in [0.4, 0.5) is 0 Å². The summed E-state index contributed by atoms with van der Waals surface area (Å²) in [7, 11) is 0. The van der Waals surface area contributed by atoms with Gasteiger partial charge in [0.25, 0.3) is 0 Å². The molecule has 2 aliphatic carbocycles. The van der Waals surface area contributed by atoms with Gasteiger partial charge in [0.1, 0.15) is 0 Å². The Hall–Kier alpha value is -2.38. The molecule has 0 saturated heterocycles. The molecule has 1 heterocycles. The summed E-state index contributed by atoms with van der Waals surface area (Å²) in [5.74, 6) is 0.372. The Bertz CT molecular complexity index is 982. The molecule has 1 heteroatoms. The van der Waals surface area contributed by atoms with Crippen molar-refractivity contribution in [2.75, 3.05) is 0 Å². The van der Waals surface area contributed by atoms with Crippen molar-refractivity contribution in [3.05, 3.63) is 89.4 Å². The lowest BCUT2D eigenvalue weighted by atomic mass is 9.78. The van der Waals surface area contributed by atoms with E-state index in [4.69, 9.17) is 0 Å². The molecule has 0 saturated carbocycles. The van der Waals surface area contributed by atoms with Crippen molar-refractivity contribution in [2.24, 2.45) is 0 Å². The molecule has 0 spiro atoms. The third-order valence-corrected chi connectivity index (χ3v) is 5.80. The smallest absolute Gasteiger partial charge is 0.0379 e. The van der Waals surface area contributed by atoms with Crippen molar-refractivity contribution in [3.63, 3.8) is 0 Å². The van der Waals surface area contributed by atoms with Crippen molar-refractivity contribution in [1.82, 2.24) is 0 Å². The zero-order valence-corrected chi connectivity index (χ0v) is 12.8. The Morgan fingerprint density at radius 2 is 1.59 bits per heavy atom. The van der Waals surface area contributed by atoms with E-state index in [0.717, 1.165) is 0 Å². The topological polar surface area (TPSA) is 0 Å². The minimum absolute atomic E-state index is 0.372. The third kappa shape index (κ3) is 1.57. The Labute approximate surface area is 133 Å². The molecule has 2 aromatic carbocycles. The van der Waals surface area contributed by atoms with Crippen molar-refractivity contribution >= 4 is 27.0 Å². The summed E-state index contributed by atoms with van der Waals surface area (Å²) in [6.45, 7) is 0. The molecule has 1 aromatic heterocycles. The first-order valence-electron chi connectivity index (χ1n) is 7.60. The maximum atomic E-state index is 2.33.